The molecule has 2 atom stereocenters. The van der Waals surface area contributed by atoms with E-state index >= 15 is 0 Å². The Labute approximate surface area is 101 Å². The van der Waals surface area contributed by atoms with Gasteiger partial charge in [0.2, 0.25) is 5.88 Å². The van der Waals surface area contributed by atoms with Gasteiger partial charge in [-0.2, -0.15) is 0 Å². The highest BCUT2D eigenvalue weighted by molar-refractivity contribution is 5.70. The summed E-state index contributed by atoms with van der Waals surface area (Å²) in [5, 5.41) is 0. The lowest BCUT2D eigenvalue weighted by atomic mass is 9.94. The fraction of sp³-hybridized carbons (Fsp3) is 0.500. The van der Waals surface area contributed by atoms with E-state index in [1.54, 1.807) is 13.2 Å². The summed E-state index contributed by atoms with van der Waals surface area (Å²) in [6.45, 7) is 1.84. The van der Waals surface area contributed by atoms with Gasteiger partial charge in [0.25, 0.3) is 0 Å². The zero-order valence-corrected chi connectivity index (χ0v) is 10.3. The van der Waals surface area contributed by atoms with Crippen molar-refractivity contribution in [1.82, 2.24) is 4.98 Å². The number of hydrogen-bond acceptors (Lipinski definition) is 5. The fourth-order valence-electron chi connectivity index (χ4n) is 1.57. The van der Waals surface area contributed by atoms with Crippen LogP contribution in [0.25, 0.3) is 0 Å². The van der Waals surface area contributed by atoms with Crippen LogP contribution in [0.1, 0.15) is 25.0 Å². The second-order valence-corrected chi connectivity index (χ2v) is 3.85. The first-order valence-corrected chi connectivity index (χ1v) is 5.41. The van der Waals surface area contributed by atoms with Gasteiger partial charge in [-0.1, -0.05) is 6.07 Å². The maximum absolute atomic E-state index is 11.3. The van der Waals surface area contributed by atoms with E-state index in [1.807, 2.05) is 19.1 Å². The number of nitrogens with two attached hydrogens (primary N) is 1. The van der Waals surface area contributed by atoms with Gasteiger partial charge in [-0.3, -0.25) is 4.79 Å². The molecule has 1 rings (SSSR count). The minimum absolute atomic E-state index is 0.169. The molecule has 0 aromatic carbocycles. The lowest BCUT2D eigenvalue weighted by Crippen LogP contribution is -2.28. The fourth-order valence-corrected chi connectivity index (χ4v) is 1.57. The lowest BCUT2D eigenvalue weighted by molar-refractivity contribution is -0.141. The molecule has 2 unspecified atom stereocenters. The normalized spacial score (nSPS) is 13.9. The van der Waals surface area contributed by atoms with Gasteiger partial charge in [0.05, 0.1) is 20.6 Å². The summed E-state index contributed by atoms with van der Waals surface area (Å²) >= 11 is 0. The molecule has 5 heteroatoms. The Balaban J connectivity index is 2.92. The third kappa shape index (κ3) is 3.71. The van der Waals surface area contributed by atoms with E-state index in [0.29, 0.717) is 5.88 Å². The quantitative estimate of drug-likeness (QED) is 0.777. The van der Waals surface area contributed by atoms with Crippen molar-refractivity contribution in [3.8, 4) is 5.88 Å². The van der Waals surface area contributed by atoms with Crippen molar-refractivity contribution in [3.05, 3.63) is 23.9 Å². The largest absolute Gasteiger partial charge is 0.481 e. The Kier molecular flexibility index (Phi) is 4.90. The summed E-state index contributed by atoms with van der Waals surface area (Å²) in [5.41, 5.74) is 6.62. The lowest BCUT2D eigenvalue weighted by Gasteiger charge is -2.19. The number of esters is 1. The monoisotopic (exact) mass is 238 g/mol. The van der Waals surface area contributed by atoms with E-state index in [-0.39, 0.29) is 24.3 Å². The van der Waals surface area contributed by atoms with Crippen LogP contribution in [-0.4, -0.2) is 31.2 Å². The van der Waals surface area contributed by atoms with Gasteiger partial charge in [-0.15, -0.1) is 0 Å². The SMILES string of the molecule is COC(=O)CC(c1cccc(OC)n1)C(C)N. The van der Waals surface area contributed by atoms with Crippen molar-refractivity contribution in [2.24, 2.45) is 5.73 Å². The molecule has 0 bridgehead atoms. The summed E-state index contributed by atoms with van der Waals surface area (Å²) in [5.74, 6) is 0.0486. The van der Waals surface area contributed by atoms with Gasteiger partial charge in [-0.25, -0.2) is 4.98 Å². The number of carbonyl (C=O) groups is 1. The van der Waals surface area contributed by atoms with Crippen LogP contribution < -0.4 is 10.5 Å². The third-order valence-corrected chi connectivity index (χ3v) is 2.58. The summed E-state index contributed by atoms with van der Waals surface area (Å²) in [6.07, 6.45) is 0.217. The first kappa shape index (κ1) is 13.4. The van der Waals surface area contributed by atoms with Crippen molar-refractivity contribution in [2.45, 2.75) is 25.3 Å². The van der Waals surface area contributed by atoms with E-state index < -0.39 is 0 Å². The second-order valence-electron chi connectivity index (χ2n) is 3.85. The average molecular weight is 238 g/mol. The van der Waals surface area contributed by atoms with Crippen molar-refractivity contribution in [3.63, 3.8) is 0 Å². The molecule has 0 amide bonds. The van der Waals surface area contributed by atoms with Crippen molar-refractivity contribution < 1.29 is 14.3 Å². The predicted molar refractivity (Wildman–Crippen MR) is 63.8 cm³/mol. The molecule has 1 heterocycles. The molecule has 0 saturated heterocycles. The Morgan fingerprint density at radius 2 is 2.18 bits per heavy atom. The minimum Gasteiger partial charge on any atom is -0.481 e. The molecule has 94 valence electrons. The van der Waals surface area contributed by atoms with Gasteiger partial charge in [-0.05, 0) is 13.0 Å². The molecule has 1 aromatic heterocycles. The molecular formula is C12H18N2O3. The van der Waals surface area contributed by atoms with E-state index in [9.17, 15) is 4.79 Å². The number of pyridine rings is 1. The first-order chi connectivity index (χ1) is 8.08. The number of rotatable bonds is 5. The molecule has 2 N–H and O–H groups in total. The Morgan fingerprint density at radius 3 is 2.71 bits per heavy atom. The molecular weight excluding hydrogens is 220 g/mol. The first-order valence-electron chi connectivity index (χ1n) is 5.41. The number of aromatic nitrogens is 1. The smallest absolute Gasteiger partial charge is 0.306 e. The van der Waals surface area contributed by atoms with E-state index in [2.05, 4.69) is 9.72 Å². The molecule has 5 nitrogen and oxygen atoms in total. The number of hydrogen-bond donors (Lipinski definition) is 1. The average Bonchev–Trinajstić information content (AvgIpc) is 2.35. The second kappa shape index (κ2) is 6.20. The van der Waals surface area contributed by atoms with Gasteiger partial charge >= 0.3 is 5.97 Å². The van der Waals surface area contributed by atoms with Crippen molar-refractivity contribution in [2.75, 3.05) is 14.2 Å². The Hall–Kier alpha value is -1.62. The van der Waals surface area contributed by atoms with Crippen LogP contribution in [0.4, 0.5) is 0 Å². The molecule has 0 aliphatic rings. The zero-order chi connectivity index (χ0) is 12.8. The summed E-state index contributed by atoms with van der Waals surface area (Å²) in [6, 6.07) is 5.22. The van der Waals surface area contributed by atoms with Crippen LogP contribution in [0.5, 0.6) is 5.88 Å². The van der Waals surface area contributed by atoms with E-state index in [1.165, 1.54) is 7.11 Å². The van der Waals surface area contributed by atoms with Gasteiger partial charge in [0.1, 0.15) is 0 Å². The molecule has 0 fully saturated rings. The van der Waals surface area contributed by atoms with Crippen LogP contribution >= 0.6 is 0 Å². The highest BCUT2D eigenvalue weighted by Gasteiger charge is 2.22. The molecule has 0 aliphatic heterocycles. The summed E-state index contributed by atoms with van der Waals surface area (Å²) in [4.78, 5) is 15.6. The molecule has 0 spiro atoms. The van der Waals surface area contributed by atoms with Crippen molar-refractivity contribution in [1.29, 1.82) is 0 Å². The van der Waals surface area contributed by atoms with Crippen LogP contribution in [0.2, 0.25) is 0 Å². The maximum Gasteiger partial charge on any atom is 0.306 e. The Morgan fingerprint density at radius 1 is 1.47 bits per heavy atom. The van der Waals surface area contributed by atoms with Crippen LogP contribution in [-0.2, 0) is 9.53 Å². The molecule has 0 radical (unpaired) electrons. The number of methoxy groups -OCH3 is 2. The highest BCUT2D eigenvalue weighted by atomic mass is 16.5. The highest BCUT2D eigenvalue weighted by Crippen LogP contribution is 2.23. The molecule has 1 aromatic rings. The Bertz CT molecular complexity index is 380. The van der Waals surface area contributed by atoms with Crippen LogP contribution in [0.3, 0.4) is 0 Å². The minimum atomic E-state index is -0.295. The topological polar surface area (TPSA) is 74.4 Å². The summed E-state index contributed by atoms with van der Waals surface area (Å²) < 4.78 is 9.70. The van der Waals surface area contributed by atoms with E-state index in [0.717, 1.165) is 5.69 Å². The van der Waals surface area contributed by atoms with Crippen LogP contribution in [0.15, 0.2) is 18.2 Å². The van der Waals surface area contributed by atoms with E-state index in [4.69, 9.17) is 10.5 Å². The zero-order valence-electron chi connectivity index (χ0n) is 10.3. The number of ether oxygens (including phenoxy) is 2. The third-order valence-electron chi connectivity index (χ3n) is 2.58. The van der Waals surface area contributed by atoms with Gasteiger partial charge in [0, 0.05) is 23.7 Å². The van der Waals surface area contributed by atoms with Gasteiger partial charge < -0.3 is 15.2 Å². The van der Waals surface area contributed by atoms with Gasteiger partial charge in [0.15, 0.2) is 0 Å². The molecule has 17 heavy (non-hydrogen) atoms. The predicted octanol–water partition coefficient (Wildman–Crippen LogP) is 1.08. The summed E-state index contributed by atoms with van der Waals surface area (Å²) in [7, 11) is 2.91. The number of carbonyl (C=O) groups excluding carboxylic acids is 1. The maximum atomic E-state index is 11.3. The van der Waals surface area contributed by atoms with Crippen molar-refractivity contribution >= 4 is 5.97 Å². The van der Waals surface area contributed by atoms with Crippen LogP contribution in [0, 0.1) is 0 Å². The number of nitrogens with zero attached hydrogens (tertiary/aromatic N) is 1. The molecule has 0 aliphatic carbocycles. The molecule has 0 saturated carbocycles. The standard InChI is InChI=1S/C12H18N2O3/c1-8(13)9(7-12(15)17-3)10-5-4-6-11(14-10)16-2/h4-6,8-9H,7,13H2,1-3H3.